The molecule has 0 aromatic rings. The number of ether oxygens (including phenoxy) is 2. The molecule has 0 radical (unpaired) electrons. The van der Waals surface area contributed by atoms with Gasteiger partial charge in [-0.05, 0) is 0 Å². The summed E-state index contributed by atoms with van der Waals surface area (Å²) in [6.07, 6.45) is -4.89. The first-order valence-corrected chi connectivity index (χ1v) is 5.49. The summed E-state index contributed by atoms with van der Waals surface area (Å²) >= 11 is 0. The van der Waals surface area contributed by atoms with E-state index in [2.05, 4.69) is 10.6 Å². The Morgan fingerprint density at radius 1 is 1.47 bits per heavy atom. The smallest absolute Gasteiger partial charge is 0.340 e. The fourth-order valence-electron chi connectivity index (χ4n) is 1.73. The molecule has 1 aliphatic heterocycles. The van der Waals surface area contributed by atoms with Crippen LogP contribution in [0.4, 0.5) is 4.79 Å². The first kappa shape index (κ1) is 15.7. The highest BCUT2D eigenvalue weighted by Crippen LogP contribution is 2.21. The molecule has 1 fully saturated rings. The van der Waals surface area contributed by atoms with Gasteiger partial charge in [-0.25, -0.2) is 4.79 Å². The van der Waals surface area contributed by atoms with Crippen LogP contribution in [0.5, 0.6) is 0 Å². The Bertz CT molecular complexity index is 313. The van der Waals surface area contributed by atoms with E-state index in [0.717, 1.165) is 7.05 Å². The Morgan fingerprint density at radius 2 is 2.11 bits per heavy atom. The standard InChI is InChI=1S/C9H17N3O7/c1-12(11-17)9(16)10-5-6(14)4(3-13)19-8(18-2)7(5)15/h4-8,13-15H,3H2,1-2H3,(H,10,16)/t4-,5+,6-,7+,8-/m0/s1. The monoisotopic (exact) mass is 279 g/mol. The van der Waals surface area contributed by atoms with Crippen molar-refractivity contribution in [3.8, 4) is 0 Å². The van der Waals surface area contributed by atoms with Crippen LogP contribution < -0.4 is 5.32 Å². The van der Waals surface area contributed by atoms with Crippen molar-refractivity contribution >= 4 is 6.03 Å². The van der Waals surface area contributed by atoms with Gasteiger partial charge in [0.2, 0.25) is 0 Å². The van der Waals surface area contributed by atoms with Crippen LogP contribution >= 0.6 is 0 Å². The minimum Gasteiger partial charge on any atom is -0.394 e. The molecule has 10 heteroatoms. The van der Waals surface area contributed by atoms with Gasteiger partial charge >= 0.3 is 6.03 Å². The average Bonchev–Trinajstić information content (AvgIpc) is 2.42. The van der Waals surface area contributed by atoms with Crippen molar-refractivity contribution in [1.29, 1.82) is 0 Å². The molecule has 1 aliphatic rings. The lowest BCUT2D eigenvalue weighted by atomic mass is 9.96. The molecule has 110 valence electrons. The second kappa shape index (κ2) is 6.73. The molecule has 19 heavy (non-hydrogen) atoms. The molecular weight excluding hydrogens is 262 g/mol. The number of rotatable bonds is 4. The highest BCUT2D eigenvalue weighted by atomic mass is 16.7. The second-order valence-corrected chi connectivity index (χ2v) is 4.02. The number of carbonyl (C=O) groups is 1. The summed E-state index contributed by atoms with van der Waals surface area (Å²) in [6.45, 7) is -0.526. The van der Waals surface area contributed by atoms with E-state index in [9.17, 15) is 19.9 Å². The molecule has 4 N–H and O–H groups in total. The van der Waals surface area contributed by atoms with E-state index in [1.807, 2.05) is 0 Å². The van der Waals surface area contributed by atoms with Crippen LogP contribution in [0.1, 0.15) is 0 Å². The molecule has 10 nitrogen and oxygen atoms in total. The Kier molecular flexibility index (Phi) is 5.57. The van der Waals surface area contributed by atoms with E-state index < -0.39 is 43.3 Å². The van der Waals surface area contributed by atoms with Crippen LogP contribution in [-0.2, 0) is 9.47 Å². The Hall–Kier alpha value is -1.33. The number of hydrogen-bond acceptors (Lipinski definition) is 8. The first-order chi connectivity index (χ1) is 8.96. The molecule has 5 atom stereocenters. The molecule has 0 aromatic carbocycles. The lowest BCUT2D eigenvalue weighted by Gasteiger charge is -2.41. The number of nitrogens with zero attached hydrogens (tertiary/aromatic N) is 2. The number of carbonyl (C=O) groups excluding carboxylic acids is 1. The molecule has 1 heterocycles. The van der Waals surface area contributed by atoms with E-state index in [1.165, 1.54) is 7.11 Å². The van der Waals surface area contributed by atoms with Crippen LogP contribution in [0.2, 0.25) is 0 Å². The predicted octanol–water partition coefficient (Wildman–Crippen LogP) is -2.24. The molecule has 0 bridgehead atoms. The van der Waals surface area contributed by atoms with Gasteiger partial charge in [-0.1, -0.05) is 0 Å². The van der Waals surface area contributed by atoms with Gasteiger partial charge in [0.25, 0.3) is 0 Å². The van der Waals surface area contributed by atoms with Gasteiger partial charge in [-0.2, -0.15) is 5.01 Å². The molecule has 0 saturated carbocycles. The van der Waals surface area contributed by atoms with Crippen molar-refractivity contribution in [2.24, 2.45) is 5.29 Å². The average molecular weight is 279 g/mol. The van der Waals surface area contributed by atoms with E-state index in [1.54, 1.807) is 0 Å². The van der Waals surface area contributed by atoms with E-state index >= 15 is 0 Å². The fourth-order valence-corrected chi connectivity index (χ4v) is 1.73. The summed E-state index contributed by atoms with van der Waals surface area (Å²) in [6, 6.07) is -2.08. The highest BCUT2D eigenvalue weighted by molar-refractivity contribution is 5.73. The third-order valence-electron chi connectivity index (χ3n) is 2.82. The van der Waals surface area contributed by atoms with Crippen LogP contribution in [0, 0.1) is 4.91 Å². The number of methoxy groups -OCH3 is 1. The third kappa shape index (κ3) is 3.36. The molecule has 1 saturated heterocycles. The number of hydrogen-bond donors (Lipinski definition) is 4. The van der Waals surface area contributed by atoms with Crippen molar-refractivity contribution in [3.05, 3.63) is 4.91 Å². The SMILES string of the molecule is CO[C@H]1O[C@@H](CO)[C@H](O)[C@@H](NC(=O)N(C)N=O)[C@H]1O. The number of amides is 2. The lowest BCUT2D eigenvalue weighted by Crippen LogP contribution is -2.65. The highest BCUT2D eigenvalue weighted by Gasteiger charge is 2.45. The van der Waals surface area contributed by atoms with Crippen molar-refractivity contribution in [2.75, 3.05) is 20.8 Å². The molecule has 0 spiro atoms. The van der Waals surface area contributed by atoms with Gasteiger partial charge < -0.3 is 30.1 Å². The van der Waals surface area contributed by atoms with Crippen LogP contribution in [0.3, 0.4) is 0 Å². The molecular formula is C9H17N3O7. The summed E-state index contributed by atoms with van der Waals surface area (Å²) in [5.74, 6) is 0. The van der Waals surface area contributed by atoms with Crippen LogP contribution in [0.25, 0.3) is 0 Å². The van der Waals surface area contributed by atoms with Gasteiger partial charge in [0, 0.05) is 14.2 Å². The quantitative estimate of drug-likeness (QED) is 0.337. The zero-order valence-electron chi connectivity index (χ0n) is 10.5. The summed E-state index contributed by atoms with van der Waals surface area (Å²) in [4.78, 5) is 21.7. The van der Waals surface area contributed by atoms with Crippen LogP contribution in [-0.4, -0.2) is 77.8 Å². The van der Waals surface area contributed by atoms with E-state index in [4.69, 9.17) is 14.6 Å². The fraction of sp³-hybridized carbons (Fsp3) is 0.889. The maximum atomic E-state index is 11.5. The maximum absolute atomic E-state index is 11.5. The van der Waals surface area contributed by atoms with Crippen molar-refractivity contribution < 1.29 is 29.6 Å². The summed E-state index contributed by atoms with van der Waals surface area (Å²) in [5.41, 5.74) is 0. The van der Waals surface area contributed by atoms with Crippen LogP contribution in [0.15, 0.2) is 5.29 Å². The molecule has 2 amide bonds. The second-order valence-electron chi connectivity index (χ2n) is 4.02. The van der Waals surface area contributed by atoms with Crippen molar-refractivity contribution in [2.45, 2.75) is 30.6 Å². The number of aliphatic hydroxyl groups excluding tert-OH is 3. The van der Waals surface area contributed by atoms with E-state index in [-0.39, 0.29) is 0 Å². The Labute approximate surface area is 108 Å². The molecule has 0 unspecified atom stereocenters. The minimum atomic E-state index is -1.37. The van der Waals surface area contributed by atoms with Gasteiger partial charge in [0.15, 0.2) is 6.29 Å². The number of nitroso groups, excluding NO2 is 1. The zero-order chi connectivity index (χ0) is 14.6. The van der Waals surface area contributed by atoms with Gasteiger partial charge in [-0.15, -0.1) is 4.91 Å². The molecule has 0 aromatic heterocycles. The van der Waals surface area contributed by atoms with Gasteiger partial charge in [-0.3, -0.25) is 0 Å². The third-order valence-corrected chi connectivity index (χ3v) is 2.82. The predicted molar refractivity (Wildman–Crippen MR) is 60.6 cm³/mol. The van der Waals surface area contributed by atoms with Gasteiger partial charge in [0.05, 0.1) is 17.9 Å². The number of urea groups is 1. The minimum absolute atomic E-state index is 0.463. The summed E-state index contributed by atoms with van der Waals surface area (Å²) in [5, 5.41) is 33.9. The largest absolute Gasteiger partial charge is 0.394 e. The maximum Gasteiger partial charge on any atom is 0.340 e. The summed E-state index contributed by atoms with van der Waals surface area (Å²) < 4.78 is 9.92. The molecule has 1 rings (SSSR count). The first-order valence-electron chi connectivity index (χ1n) is 5.49. The number of nitrogens with one attached hydrogen (secondary N) is 1. The van der Waals surface area contributed by atoms with Crippen molar-refractivity contribution in [1.82, 2.24) is 10.3 Å². The van der Waals surface area contributed by atoms with Crippen molar-refractivity contribution in [3.63, 3.8) is 0 Å². The topological polar surface area (TPSA) is 141 Å². The van der Waals surface area contributed by atoms with E-state index in [0.29, 0.717) is 5.01 Å². The zero-order valence-corrected chi connectivity index (χ0v) is 10.5. The van der Waals surface area contributed by atoms with Gasteiger partial charge in [0.1, 0.15) is 18.3 Å². The molecule has 0 aliphatic carbocycles. The Balaban J connectivity index is 2.81. The summed E-state index contributed by atoms with van der Waals surface area (Å²) in [7, 11) is 2.37. The lowest BCUT2D eigenvalue weighted by molar-refractivity contribution is -0.270. The normalized spacial score (nSPS) is 34.7. The number of aliphatic hydroxyl groups is 3. The Morgan fingerprint density at radius 3 is 2.58 bits per heavy atom.